The average molecular weight is 443 g/mol. The second-order valence-electron chi connectivity index (χ2n) is 7.12. The first kappa shape index (κ1) is 23.5. The van der Waals surface area contributed by atoms with Gasteiger partial charge >= 0.3 is 21.6 Å². The number of rotatable bonds is 5. The normalized spacial score (nSPS) is 21.2. The minimum absolute atomic E-state index is 0.0271. The molecule has 9 nitrogen and oxygen atoms in total. The number of piperidine rings is 2. The summed E-state index contributed by atoms with van der Waals surface area (Å²) >= 11 is 0. The van der Waals surface area contributed by atoms with Crippen LogP contribution >= 0.6 is 0 Å². The Hall–Kier alpha value is -1.76. The van der Waals surface area contributed by atoms with Gasteiger partial charge in [-0.1, -0.05) is 0 Å². The second-order valence-corrected chi connectivity index (χ2v) is 9.05. The molecule has 168 valence electrons. The Bertz CT molecular complexity index is 685. The van der Waals surface area contributed by atoms with E-state index in [4.69, 9.17) is 10.5 Å². The number of amides is 1. The lowest BCUT2D eigenvalue weighted by molar-refractivity contribution is -0.0496. The summed E-state index contributed by atoms with van der Waals surface area (Å²) in [7, 11) is -5.26. The lowest BCUT2D eigenvalue weighted by atomic mass is 9.98. The summed E-state index contributed by atoms with van der Waals surface area (Å²) < 4.78 is 66.1. The zero-order chi connectivity index (χ0) is 21.7. The first-order valence-corrected chi connectivity index (χ1v) is 11.0. The predicted molar refractivity (Wildman–Crippen MR) is 101 cm³/mol. The number of nitrogens with two attached hydrogens (primary N) is 1. The lowest BCUT2D eigenvalue weighted by Gasteiger charge is -2.32. The Morgan fingerprint density at radius 3 is 2.28 bits per heavy atom. The highest BCUT2D eigenvalue weighted by Gasteiger charge is 2.50. The number of hydrogen-bond acceptors (Lipinski definition) is 5. The van der Waals surface area contributed by atoms with E-state index in [0.29, 0.717) is 56.2 Å². The topological polar surface area (TPSA) is 117 Å². The fourth-order valence-corrected chi connectivity index (χ4v) is 4.37. The van der Waals surface area contributed by atoms with Crippen molar-refractivity contribution in [3.8, 4) is 0 Å². The average Bonchev–Trinajstić information content (AvgIpc) is 2.66. The highest BCUT2D eigenvalue weighted by molar-refractivity contribution is 7.90. The molecule has 2 rings (SSSR count). The van der Waals surface area contributed by atoms with Crippen LogP contribution in [0, 0.1) is 5.92 Å². The van der Waals surface area contributed by atoms with Gasteiger partial charge in [-0.2, -0.15) is 17.5 Å². The van der Waals surface area contributed by atoms with E-state index in [1.807, 2.05) is 0 Å². The van der Waals surface area contributed by atoms with Crippen molar-refractivity contribution in [2.24, 2.45) is 16.6 Å². The van der Waals surface area contributed by atoms with E-state index in [0.717, 1.165) is 0 Å². The molecule has 0 radical (unpaired) electrons. The van der Waals surface area contributed by atoms with Crippen LogP contribution in [0.25, 0.3) is 0 Å². The number of ether oxygens (including phenoxy) is 1. The highest BCUT2D eigenvalue weighted by atomic mass is 32.2. The van der Waals surface area contributed by atoms with E-state index >= 15 is 0 Å². The van der Waals surface area contributed by atoms with Crippen molar-refractivity contribution in [2.45, 2.75) is 44.2 Å². The molecule has 29 heavy (non-hydrogen) atoms. The molecule has 0 bridgehead atoms. The standard InChI is InChI=1S/C16H28F3N5O4S/c1-2-28-15(25)23-7-5-13(6-8-23)22-14(20)21-11-12-3-9-24(10-4-12)29(26,27)16(17,18)19/h12-13H,2-11H2,1H3,(H3,20,21,22). The van der Waals surface area contributed by atoms with Crippen molar-refractivity contribution in [3.05, 3.63) is 0 Å². The number of halogens is 3. The van der Waals surface area contributed by atoms with Gasteiger partial charge in [-0.05, 0) is 38.5 Å². The fraction of sp³-hybridized carbons (Fsp3) is 0.875. The largest absolute Gasteiger partial charge is 0.511 e. The number of aliphatic imine (C=N–C) groups is 1. The van der Waals surface area contributed by atoms with Crippen molar-refractivity contribution in [1.29, 1.82) is 0 Å². The molecule has 2 saturated heterocycles. The summed E-state index contributed by atoms with van der Waals surface area (Å²) in [6.07, 6.45) is 1.66. The Balaban J connectivity index is 1.73. The van der Waals surface area contributed by atoms with Crippen LogP contribution in [0.2, 0.25) is 0 Å². The molecule has 0 unspecified atom stereocenters. The van der Waals surface area contributed by atoms with Crippen molar-refractivity contribution >= 4 is 22.1 Å². The van der Waals surface area contributed by atoms with Gasteiger partial charge in [0.05, 0.1) is 6.61 Å². The number of hydrogen-bond donors (Lipinski definition) is 2. The van der Waals surface area contributed by atoms with E-state index in [9.17, 15) is 26.4 Å². The van der Waals surface area contributed by atoms with Crippen LogP contribution < -0.4 is 11.1 Å². The van der Waals surface area contributed by atoms with E-state index < -0.39 is 15.5 Å². The van der Waals surface area contributed by atoms with Gasteiger partial charge in [-0.3, -0.25) is 4.99 Å². The van der Waals surface area contributed by atoms with E-state index in [-0.39, 0.29) is 37.1 Å². The number of nitrogens with one attached hydrogen (secondary N) is 1. The fourth-order valence-electron chi connectivity index (χ4n) is 3.38. The molecule has 0 saturated carbocycles. The summed E-state index contributed by atoms with van der Waals surface area (Å²) in [6.45, 7) is 3.15. The summed E-state index contributed by atoms with van der Waals surface area (Å²) in [6, 6.07) is 0.0724. The van der Waals surface area contributed by atoms with Gasteiger partial charge in [0, 0.05) is 38.8 Å². The molecular weight excluding hydrogens is 415 g/mol. The lowest BCUT2D eigenvalue weighted by Crippen LogP contribution is -2.48. The van der Waals surface area contributed by atoms with Gasteiger partial charge in [0.15, 0.2) is 5.96 Å². The van der Waals surface area contributed by atoms with Crippen LogP contribution in [0.5, 0.6) is 0 Å². The maximum atomic E-state index is 12.6. The summed E-state index contributed by atoms with van der Waals surface area (Å²) in [4.78, 5) is 17.6. The summed E-state index contributed by atoms with van der Waals surface area (Å²) in [5.41, 5.74) is 0.627. The van der Waals surface area contributed by atoms with Crippen molar-refractivity contribution in [3.63, 3.8) is 0 Å². The first-order chi connectivity index (χ1) is 13.5. The number of likely N-dealkylation sites (tertiary alicyclic amines) is 1. The van der Waals surface area contributed by atoms with Gasteiger partial charge < -0.3 is 20.7 Å². The van der Waals surface area contributed by atoms with Crippen molar-refractivity contribution in [2.75, 3.05) is 39.3 Å². The van der Waals surface area contributed by atoms with Crippen LogP contribution in [-0.2, 0) is 14.8 Å². The molecule has 0 aliphatic carbocycles. The second kappa shape index (κ2) is 9.83. The zero-order valence-corrected chi connectivity index (χ0v) is 17.1. The van der Waals surface area contributed by atoms with E-state index in [1.165, 1.54) is 0 Å². The summed E-state index contributed by atoms with van der Waals surface area (Å²) in [5, 5.41) is 3.10. The first-order valence-electron chi connectivity index (χ1n) is 9.59. The Kier molecular flexibility index (Phi) is 7.97. The maximum absolute atomic E-state index is 12.6. The molecule has 0 aromatic rings. The number of nitrogens with zero attached hydrogens (tertiary/aromatic N) is 3. The molecule has 3 N–H and O–H groups in total. The monoisotopic (exact) mass is 443 g/mol. The van der Waals surface area contributed by atoms with Crippen LogP contribution in [-0.4, -0.2) is 80.6 Å². The molecule has 2 aliphatic heterocycles. The highest BCUT2D eigenvalue weighted by Crippen LogP contribution is 2.30. The Morgan fingerprint density at radius 2 is 1.76 bits per heavy atom. The number of alkyl halides is 3. The molecule has 2 aliphatic rings. The number of carbonyl (C=O) groups excluding carboxylic acids is 1. The molecule has 0 atom stereocenters. The number of sulfonamides is 1. The molecular formula is C16H28F3N5O4S. The smallest absolute Gasteiger partial charge is 0.450 e. The third kappa shape index (κ3) is 6.36. The van der Waals surface area contributed by atoms with E-state index in [2.05, 4.69) is 10.3 Å². The molecule has 13 heteroatoms. The molecule has 0 aromatic heterocycles. The molecule has 2 fully saturated rings. The minimum Gasteiger partial charge on any atom is -0.450 e. The van der Waals surface area contributed by atoms with Gasteiger partial charge in [-0.25, -0.2) is 13.2 Å². The van der Waals surface area contributed by atoms with Crippen LogP contribution in [0.4, 0.5) is 18.0 Å². The van der Waals surface area contributed by atoms with Gasteiger partial charge in [0.2, 0.25) is 0 Å². The minimum atomic E-state index is -5.27. The quantitative estimate of drug-likeness (QED) is 0.485. The molecule has 1 amide bonds. The van der Waals surface area contributed by atoms with Crippen LogP contribution in [0.15, 0.2) is 4.99 Å². The molecule has 2 heterocycles. The van der Waals surface area contributed by atoms with E-state index in [1.54, 1.807) is 11.8 Å². The van der Waals surface area contributed by atoms with Crippen molar-refractivity contribution in [1.82, 2.24) is 14.5 Å². The maximum Gasteiger partial charge on any atom is 0.511 e. The molecule has 0 spiro atoms. The number of carbonyl (C=O) groups is 1. The summed E-state index contributed by atoms with van der Waals surface area (Å²) in [5.74, 6) is 0.214. The third-order valence-electron chi connectivity index (χ3n) is 5.10. The van der Waals surface area contributed by atoms with Gasteiger partial charge in [0.1, 0.15) is 0 Å². The van der Waals surface area contributed by atoms with Crippen LogP contribution in [0.1, 0.15) is 32.6 Å². The zero-order valence-electron chi connectivity index (χ0n) is 16.3. The SMILES string of the molecule is CCOC(=O)N1CCC(NC(N)=NCC2CCN(S(=O)(=O)C(F)(F)F)CC2)CC1. The number of guanidine groups is 1. The van der Waals surface area contributed by atoms with Gasteiger partial charge in [-0.15, -0.1) is 0 Å². The van der Waals surface area contributed by atoms with Crippen molar-refractivity contribution < 1.29 is 31.1 Å². The Morgan fingerprint density at radius 1 is 1.17 bits per heavy atom. The van der Waals surface area contributed by atoms with Gasteiger partial charge in [0.25, 0.3) is 0 Å². The Labute approximate surface area is 168 Å². The molecule has 0 aromatic carbocycles. The predicted octanol–water partition coefficient (Wildman–Crippen LogP) is 1.07. The van der Waals surface area contributed by atoms with Crippen LogP contribution in [0.3, 0.4) is 0 Å². The third-order valence-corrected chi connectivity index (χ3v) is 6.73.